The van der Waals surface area contributed by atoms with Gasteiger partial charge in [-0.1, -0.05) is 17.7 Å². The van der Waals surface area contributed by atoms with Crippen LogP contribution in [0.3, 0.4) is 0 Å². The molecule has 0 aliphatic rings. The summed E-state index contributed by atoms with van der Waals surface area (Å²) in [6.45, 7) is 0.0737. The number of aliphatic hydroxyl groups is 1. The van der Waals surface area contributed by atoms with E-state index in [9.17, 15) is 0 Å². The van der Waals surface area contributed by atoms with Gasteiger partial charge in [-0.3, -0.25) is 0 Å². The minimum Gasteiger partial charge on any atom is -0.392 e. The lowest BCUT2D eigenvalue weighted by Crippen LogP contribution is -1.81. The molecule has 0 atom stereocenters. The van der Waals surface area contributed by atoms with E-state index in [1.54, 1.807) is 11.3 Å². The van der Waals surface area contributed by atoms with Gasteiger partial charge in [0.25, 0.3) is 0 Å². The van der Waals surface area contributed by atoms with E-state index >= 15 is 0 Å². The summed E-state index contributed by atoms with van der Waals surface area (Å²) in [5, 5.41) is 10.9. The van der Waals surface area contributed by atoms with Gasteiger partial charge in [0, 0.05) is 15.1 Å². The second-order valence-electron chi connectivity index (χ2n) is 2.66. The van der Waals surface area contributed by atoms with Crippen LogP contribution >= 0.6 is 45.5 Å². The van der Waals surface area contributed by atoms with Crippen LogP contribution in [0.2, 0.25) is 5.02 Å². The SMILES string of the molecule is OCc1ccc(Cl)c2cc(I)sc12. The Labute approximate surface area is 98.5 Å². The van der Waals surface area contributed by atoms with Crippen molar-refractivity contribution in [2.45, 2.75) is 6.61 Å². The fourth-order valence-corrected chi connectivity index (χ4v) is 3.39. The molecule has 0 spiro atoms. The van der Waals surface area contributed by atoms with Gasteiger partial charge in [0.15, 0.2) is 0 Å². The highest BCUT2D eigenvalue weighted by Gasteiger charge is 2.07. The van der Waals surface area contributed by atoms with Crippen LogP contribution in [-0.4, -0.2) is 5.11 Å². The van der Waals surface area contributed by atoms with E-state index < -0.39 is 0 Å². The van der Waals surface area contributed by atoms with Crippen molar-refractivity contribution in [2.75, 3.05) is 0 Å². The molecule has 0 saturated carbocycles. The van der Waals surface area contributed by atoms with Crippen molar-refractivity contribution in [1.29, 1.82) is 0 Å². The lowest BCUT2D eigenvalue weighted by molar-refractivity contribution is 0.283. The van der Waals surface area contributed by atoms with Crippen molar-refractivity contribution in [3.63, 3.8) is 0 Å². The first-order chi connectivity index (χ1) is 6.22. The van der Waals surface area contributed by atoms with Crippen LogP contribution in [0, 0.1) is 2.88 Å². The first kappa shape index (κ1) is 9.71. The van der Waals surface area contributed by atoms with Crippen molar-refractivity contribution >= 4 is 55.6 Å². The Kier molecular flexibility index (Phi) is 2.78. The van der Waals surface area contributed by atoms with Gasteiger partial charge in [-0.15, -0.1) is 11.3 Å². The summed E-state index contributed by atoms with van der Waals surface area (Å²) < 4.78 is 2.29. The largest absolute Gasteiger partial charge is 0.392 e. The van der Waals surface area contributed by atoms with Gasteiger partial charge in [0.1, 0.15) is 0 Å². The molecule has 68 valence electrons. The van der Waals surface area contributed by atoms with Crippen molar-refractivity contribution in [2.24, 2.45) is 0 Å². The van der Waals surface area contributed by atoms with E-state index in [0.29, 0.717) is 0 Å². The van der Waals surface area contributed by atoms with Crippen molar-refractivity contribution in [1.82, 2.24) is 0 Å². The third kappa shape index (κ3) is 1.70. The molecular formula is C9H6ClIOS. The number of hydrogen-bond acceptors (Lipinski definition) is 2. The molecule has 2 aromatic rings. The zero-order chi connectivity index (χ0) is 9.42. The number of benzene rings is 1. The molecule has 1 aromatic heterocycles. The Morgan fingerprint density at radius 1 is 1.46 bits per heavy atom. The number of aliphatic hydroxyl groups excluding tert-OH is 1. The molecule has 1 N–H and O–H groups in total. The molecule has 0 bridgehead atoms. The quantitative estimate of drug-likeness (QED) is 0.794. The minimum absolute atomic E-state index is 0.0737. The van der Waals surface area contributed by atoms with E-state index in [1.807, 2.05) is 18.2 Å². The number of rotatable bonds is 1. The summed E-state index contributed by atoms with van der Waals surface area (Å²) in [6.07, 6.45) is 0. The number of fused-ring (bicyclic) bond motifs is 1. The Hall–Kier alpha value is 0.160. The van der Waals surface area contributed by atoms with Crippen molar-refractivity contribution in [3.8, 4) is 0 Å². The van der Waals surface area contributed by atoms with E-state index in [-0.39, 0.29) is 6.61 Å². The van der Waals surface area contributed by atoms with Gasteiger partial charge in [-0.2, -0.15) is 0 Å². The molecule has 0 unspecified atom stereocenters. The van der Waals surface area contributed by atoms with Crippen LogP contribution in [0.1, 0.15) is 5.56 Å². The number of halogens is 2. The number of thiophene rings is 1. The predicted octanol–water partition coefficient (Wildman–Crippen LogP) is 3.65. The zero-order valence-electron chi connectivity index (χ0n) is 6.55. The molecule has 1 aromatic carbocycles. The van der Waals surface area contributed by atoms with Crippen LogP contribution < -0.4 is 0 Å². The third-order valence-corrected chi connectivity index (χ3v) is 4.15. The van der Waals surface area contributed by atoms with E-state index in [1.165, 1.54) is 2.88 Å². The number of hydrogen-bond donors (Lipinski definition) is 1. The molecule has 0 aliphatic carbocycles. The third-order valence-electron chi connectivity index (χ3n) is 1.85. The van der Waals surface area contributed by atoms with Crippen LogP contribution in [0.4, 0.5) is 0 Å². The molecule has 0 saturated heterocycles. The maximum atomic E-state index is 9.10. The van der Waals surface area contributed by atoms with E-state index in [4.69, 9.17) is 16.7 Å². The summed E-state index contributed by atoms with van der Waals surface area (Å²) in [6, 6.07) is 5.75. The van der Waals surface area contributed by atoms with Crippen LogP contribution in [0.25, 0.3) is 10.1 Å². The summed E-state index contributed by atoms with van der Waals surface area (Å²) in [5.41, 5.74) is 0.951. The van der Waals surface area contributed by atoms with Crippen molar-refractivity contribution < 1.29 is 5.11 Å². The standard InChI is InChI=1S/C9H6ClIOS/c10-7-2-1-5(4-12)9-6(7)3-8(11)13-9/h1-3,12H,4H2. The average molecular weight is 325 g/mol. The summed E-state index contributed by atoms with van der Waals surface area (Å²) >= 11 is 9.94. The average Bonchev–Trinajstić information content (AvgIpc) is 2.48. The van der Waals surface area contributed by atoms with Gasteiger partial charge in [-0.05, 0) is 40.3 Å². The summed E-state index contributed by atoms with van der Waals surface area (Å²) in [5.74, 6) is 0. The smallest absolute Gasteiger partial charge is 0.0695 e. The van der Waals surface area contributed by atoms with Crippen molar-refractivity contribution in [3.05, 3.63) is 31.7 Å². The monoisotopic (exact) mass is 324 g/mol. The van der Waals surface area contributed by atoms with Gasteiger partial charge in [-0.25, -0.2) is 0 Å². The first-order valence-electron chi connectivity index (χ1n) is 3.69. The molecule has 2 rings (SSSR count). The highest BCUT2D eigenvalue weighted by Crippen LogP contribution is 2.34. The molecular weight excluding hydrogens is 319 g/mol. The fourth-order valence-electron chi connectivity index (χ4n) is 1.24. The second kappa shape index (κ2) is 3.73. The Morgan fingerprint density at radius 2 is 2.23 bits per heavy atom. The molecule has 0 amide bonds. The van der Waals surface area contributed by atoms with Crippen LogP contribution in [0.5, 0.6) is 0 Å². The normalized spacial score (nSPS) is 11.0. The summed E-state index contributed by atoms with van der Waals surface area (Å²) in [4.78, 5) is 0. The molecule has 0 aliphatic heterocycles. The molecule has 0 fully saturated rings. The Balaban J connectivity index is 2.83. The molecule has 1 nitrogen and oxygen atoms in total. The highest BCUT2D eigenvalue weighted by molar-refractivity contribution is 14.1. The van der Waals surface area contributed by atoms with E-state index in [2.05, 4.69) is 22.6 Å². The Bertz CT molecular complexity index is 452. The molecule has 13 heavy (non-hydrogen) atoms. The van der Waals surface area contributed by atoms with Crippen LogP contribution in [0.15, 0.2) is 18.2 Å². The van der Waals surface area contributed by atoms with Gasteiger partial charge >= 0.3 is 0 Å². The lowest BCUT2D eigenvalue weighted by atomic mass is 10.2. The second-order valence-corrected chi connectivity index (χ2v) is 6.01. The zero-order valence-corrected chi connectivity index (χ0v) is 10.3. The van der Waals surface area contributed by atoms with E-state index in [0.717, 1.165) is 20.7 Å². The maximum Gasteiger partial charge on any atom is 0.0695 e. The van der Waals surface area contributed by atoms with Crippen LogP contribution in [-0.2, 0) is 6.61 Å². The lowest BCUT2D eigenvalue weighted by Gasteiger charge is -1.99. The van der Waals surface area contributed by atoms with Gasteiger partial charge in [0.2, 0.25) is 0 Å². The maximum absolute atomic E-state index is 9.10. The molecule has 1 heterocycles. The predicted molar refractivity (Wildman–Crippen MR) is 65.5 cm³/mol. The topological polar surface area (TPSA) is 20.2 Å². The highest BCUT2D eigenvalue weighted by atomic mass is 127. The first-order valence-corrected chi connectivity index (χ1v) is 5.97. The summed E-state index contributed by atoms with van der Waals surface area (Å²) in [7, 11) is 0. The minimum atomic E-state index is 0.0737. The van der Waals surface area contributed by atoms with Gasteiger partial charge < -0.3 is 5.11 Å². The molecule has 0 radical (unpaired) electrons. The fraction of sp³-hybridized carbons (Fsp3) is 0.111. The molecule has 4 heteroatoms. The van der Waals surface area contributed by atoms with Gasteiger partial charge in [0.05, 0.1) is 9.49 Å². The Morgan fingerprint density at radius 3 is 2.92 bits per heavy atom.